The van der Waals surface area contributed by atoms with Crippen LogP contribution >= 0.6 is 0 Å². The molecule has 160 valence electrons. The second-order valence-corrected chi connectivity index (χ2v) is 7.23. The minimum absolute atomic E-state index is 0.0880. The molecule has 0 fully saturated rings. The van der Waals surface area contributed by atoms with Gasteiger partial charge in [0.2, 0.25) is 0 Å². The Morgan fingerprint density at radius 3 is 2.53 bits per heavy atom. The highest BCUT2D eigenvalue weighted by atomic mass is 16.5. The predicted molar refractivity (Wildman–Crippen MR) is 123 cm³/mol. The lowest BCUT2D eigenvalue weighted by molar-refractivity contribution is 0.0550. The van der Waals surface area contributed by atoms with Crippen LogP contribution in [0, 0.1) is 0 Å². The average Bonchev–Trinajstić information content (AvgIpc) is 2.84. The Kier molecular flexibility index (Phi) is 6.07. The van der Waals surface area contributed by atoms with Crippen molar-refractivity contribution in [3.63, 3.8) is 0 Å². The summed E-state index contributed by atoms with van der Waals surface area (Å²) in [6, 6.07) is 17.6. The summed E-state index contributed by atoms with van der Waals surface area (Å²) in [7, 11) is 1.60. The molecule has 0 N–H and O–H groups in total. The Labute approximate surface area is 183 Å². The van der Waals surface area contributed by atoms with Gasteiger partial charge in [-0.05, 0) is 47.5 Å². The van der Waals surface area contributed by atoms with Crippen LogP contribution < -0.4 is 11.2 Å². The molecule has 32 heavy (non-hydrogen) atoms. The van der Waals surface area contributed by atoms with E-state index in [9.17, 15) is 14.4 Å². The summed E-state index contributed by atoms with van der Waals surface area (Å²) in [5.74, 6) is -0.547. The number of aromatic nitrogens is 3. The molecule has 7 nitrogen and oxygen atoms in total. The highest BCUT2D eigenvalue weighted by molar-refractivity contribution is 5.94. The van der Waals surface area contributed by atoms with Gasteiger partial charge in [0.25, 0.3) is 5.56 Å². The number of hydrogen-bond donors (Lipinski definition) is 0. The number of aryl methyl sites for hydroxylation is 1. The first-order valence-corrected chi connectivity index (χ1v) is 10.1. The van der Waals surface area contributed by atoms with Gasteiger partial charge < -0.3 is 4.74 Å². The van der Waals surface area contributed by atoms with E-state index in [1.165, 1.54) is 15.2 Å². The smallest absolute Gasteiger partial charge is 0.338 e. The SMILES string of the molecule is Cn1c(=O)n(Cc2ccccc2)c(=O)c2cc(C(=O)OC/C=C/c3ccncc3)ccc21. The first-order valence-electron chi connectivity index (χ1n) is 10.1. The van der Waals surface area contributed by atoms with Crippen LogP contribution in [0.15, 0.2) is 88.7 Å². The van der Waals surface area contributed by atoms with Gasteiger partial charge in [0, 0.05) is 19.4 Å². The van der Waals surface area contributed by atoms with E-state index in [4.69, 9.17) is 4.74 Å². The molecule has 0 saturated carbocycles. The number of carbonyl (C=O) groups is 1. The topological polar surface area (TPSA) is 83.2 Å². The average molecular weight is 427 g/mol. The predicted octanol–water partition coefficient (Wildman–Crippen LogP) is 3.01. The molecule has 0 aliphatic heterocycles. The lowest BCUT2D eigenvalue weighted by Gasteiger charge is -2.12. The maximum Gasteiger partial charge on any atom is 0.338 e. The van der Waals surface area contributed by atoms with Crippen LogP contribution in [0.1, 0.15) is 21.5 Å². The fourth-order valence-electron chi connectivity index (χ4n) is 3.41. The lowest BCUT2D eigenvalue weighted by Crippen LogP contribution is -2.39. The van der Waals surface area contributed by atoms with Crippen molar-refractivity contribution in [3.8, 4) is 0 Å². The minimum Gasteiger partial charge on any atom is -0.458 e. The van der Waals surface area contributed by atoms with Crippen LogP contribution in [-0.2, 0) is 18.3 Å². The normalized spacial score (nSPS) is 11.2. The molecule has 0 amide bonds. The second-order valence-electron chi connectivity index (χ2n) is 7.23. The van der Waals surface area contributed by atoms with Crippen LogP contribution in [0.5, 0.6) is 0 Å². The lowest BCUT2D eigenvalue weighted by atomic mass is 10.1. The summed E-state index contributed by atoms with van der Waals surface area (Å²) in [5.41, 5.74) is 1.63. The monoisotopic (exact) mass is 427 g/mol. The van der Waals surface area contributed by atoms with Gasteiger partial charge in [0.15, 0.2) is 0 Å². The molecule has 2 heterocycles. The Morgan fingerprint density at radius 2 is 1.78 bits per heavy atom. The van der Waals surface area contributed by atoms with E-state index in [0.29, 0.717) is 5.52 Å². The number of ether oxygens (including phenoxy) is 1. The van der Waals surface area contributed by atoms with Crippen molar-refractivity contribution in [2.45, 2.75) is 6.54 Å². The fourth-order valence-corrected chi connectivity index (χ4v) is 3.41. The standard InChI is InChI=1S/C25H21N3O4/c1-27-22-10-9-20(24(30)32-15-5-8-18-11-13-26-14-12-18)16-21(22)23(29)28(25(27)31)17-19-6-3-2-4-7-19/h2-14,16H,15,17H2,1H3/b8-5+. The van der Waals surface area contributed by atoms with Gasteiger partial charge in [-0.15, -0.1) is 0 Å². The molecular weight excluding hydrogens is 406 g/mol. The number of rotatable bonds is 6. The number of carbonyl (C=O) groups excluding carboxylic acids is 1. The molecular formula is C25H21N3O4. The van der Waals surface area contributed by atoms with Crippen molar-refractivity contribution in [1.82, 2.24) is 14.1 Å². The first kappa shape index (κ1) is 21.0. The number of benzene rings is 2. The van der Waals surface area contributed by atoms with Gasteiger partial charge in [-0.1, -0.05) is 36.4 Å². The zero-order valence-electron chi connectivity index (χ0n) is 17.5. The van der Waals surface area contributed by atoms with E-state index in [0.717, 1.165) is 11.1 Å². The van der Waals surface area contributed by atoms with Crippen molar-refractivity contribution in [2.24, 2.45) is 7.05 Å². The number of hydrogen-bond acceptors (Lipinski definition) is 5. The van der Waals surface area contributed by atoms with Crippen molar-refractivity contribution in [2.75, 3.05) is 6.61 Å². The molecule has 0 spiro atoms. The van der Waals surface area contributed by atoms with Crippen LogP contribution in [-0.4, -0.2) is 26.7 Å². The van der Waals surface area contributed by atoms with Crippen molar-refractivity contribution in [1.29, 1.82) is 0 Å². The van der Waals surface area contributed by atoms with Crippen LogP contribution in [0.2, 0.25) is 0 Å². The molecule has 0 unspecified atom stereocenters. The van der Waals surface area contributed by atoms with E-state index in [1.54, 1.807) is 37.7 Å². The minimum atomic E-state index is -0.547. The maximum absolute atomic E-state index is 13.1. The maximum atomic E-state index is 13.1. The number of nitrogens with zero attached hydrogens (tertiary/aromatic N) is 3. The summed E-state index contributed by atoms with van der Waals surface area (Å²) in [6.07, 6.45) is 6.91. The first-order chi connectivity index (χ1) is 15.5. The summed E-state index contributed by atoms with van der Waals surface area (Å²) < 4.78 is 7.88. The largest absolute Gasteiger partial charge is 0.458 e. The fraction of sp³-hybridized carbons (Fsp3) is 0.120. The van der Waals surface area contributed by atoms with E-state index < -0.39 is 17.2 Å². The zero-order chi connectivity index (χ0) is 22.5. The highest BCUT2D eigenvalue weighted by Crippen LogP contribution is 2.13. The summed E-state index contributed by atoms with van der Waals surface area (Å²) in [6.45, 7) is 0.238. The molecule has 0 radical (unpaired) electrons. The van der Waals surface area contributed by atoms with Gasteiger partial charge in [0.05, 0.1) is 23.0 Å². The Balaban J connectivity index is 1.60. The third-order valence-electron chi connectivity index (χ3n) is 5.10. The van der Waals surface area contributed by atoms with Gasteiger partial charge in [-0.2, -0.15) is 0 Å². The molecule has 0 aliphatic rings. The molecule has 2 aromatic heterocycles. The van der Waals surface area contributed by atoms with E-state index in [2.05, 4.69) is 4.98 Å². The molecule has 4 aromatic rings. The van der Waals surface area contributed by atoms with Crippen molar-refractivity contribution in [3.05, 3.63) is 117 Å². The quantitative estimate of drug-likeness (QED) is 0.442. The van der Waals surface area contributed by atoms with Crippen molar-refractivity contribution >= 4 is 22.9 Å². The van der Waals surface area contributed by atoms with Crippen LogP contribution in [0.4, 0.5) is 0 Å². The molecule has 0 saturated heterocycles. The van der Waals surface area contributed by atoms with Crippen LogP contribution in [0.25, 0.3) is 17.0 Å². The van der Waals surface area contributed by atoms with E-state index in [-0.39, 0.29) is 24.1 Å². The number of pyridine rings is 1. The van der Waals surface area contributed by atoms with Gasteiger partial charge >= 0.3 is 11.7 Å². The third kappa shape index (κ3) is 4.41. The van der Waals surface area contributed by atoms with E-state index in [1.807, 2.05) is 48.5 Å². The van der Waals surface area contributed by atoms with Crippen LogP contribution in [0.3, 0.4) is 0 Å². The number of esters is 1. The van der Waals surface area contributed by atoms with Crippen molar-refractivity contribution < 1.29 is 9.53 Å². The molecule has 2 aromatic carbocycles. The Bertz CT molecular complexity index is 1400. The van der Waals surface area contributed by atoms with E-state index >= 15 is 0 Å². The number of fused-ring (bicyclic) bond motifs is 1. The molecule has 0 atom stereocenters. The van der Waals surface area contributed by atoms with Gasteiger partial charge in [-0.3, -0.25) is 18.9 Å². The summed E-state index contributed by atoms with van der Waals surface area (Å²) in [5, 5.41) is 0.282. The molecule has 0 bridgehead atoms. The molecule has 0 aliphatic carbocycles. The second kappa shape index (κ2) is 9.26. The zero-order valence-corrected chi connectivity index (χ0v) is 17.5. The Morgan fingerprint density at radius 1 is 1.03 bits per heavy atom. The third-order valence-corrected chi connectivity index (χ3v) is 5.10. The summed E-state index contributed by atoms with van der Waals surface area (Å²) >= 11 is 0. The molecule has 4 rings (SSSR count). The van der Waals surface area contributed by atoms with Gasteiger partial charge in [-0.25, -0.2) is 9.59 Å². The highest BCUT2D eigenvalue weighted by Gasteiger charge is 2.15. The molecule has 7 heteroatoms. The Hall–Kier alpha value is -4.26. The summed E-state index contributed by atoms with van der Waals surface area (Å²) in [4.78, 5) is 42.3. The van der Waals surface area contributed by atoms with Gasteiger partial charge in [0.1, 0.15) is 6.61 Å².